The maximum Gasteiger partial charge on any atom is 0.231 e. The summed E-state index contributed by atoms with van der Waals surface area (Å²) in [4.78, 5) is 4.75. The number of benzene rings is 4. The highest BCUT2D eigenvalue weighted by atomic mass is 16.7. The molecule has 0 spiro atoms. The molecule has 4 aromatic rings. The Bertz CT molecular complexity index is 1240. The number of ether oxygens (including phenoxy) is 2. The molecule has 0 aliphatic carbocycles. The van der Waals surface area contributed by atoms with Gasteiger partial charge in [0, 0.05) is 18.2 Å². The molecule has 4 heteroatoms. The molecule has 32 heavy (non-hydrogen) atoms. The van der Waals surface area contributed by atoms with Crippen LogP contribution in [0.3, 0.4) is 0 Å². The van der Waals surface area contributed by atoms with Gasteiger partial charge in [-0.05, 0) is 41.0 Å². The first-order chi connectivity index (χ1) is 15.7. The van der Waals surface area contributed by atoms with Gasteiger partial charge in [0.05, 0.1) is 5.69 Å². The zero-order chi connectivity index (χ0) is 21.8. The number of hydrogen-bond donors (Lipinski definition) is 1. The second kappa shape index (κ2) is 8.69. The molecule has 5 rings (SSSR count). The molecule has 0 saturated carbocycles. The van der Waals surface area contributed by atoms with E-state index in [0.717, 1.165) is 28.0 Å². The van der Waals surface area contributed by atoms with Gasteiger partial charge in [0.2, 0.25) is 6.79 Å². The van der Waals surface area contributed by atoms with Crippen molar-refractivity contribution < 1.29 is 14.6 Å². The fourth-order valence-corrected chi connectivity index (χ4v) is 4.03. The highest BCUT2D eigenvalue weighted by molar-refractivity contribution is 5.83. The Morgan fingerprint density at radius 1 is 0.781 bits per heavy atom. The van der Waals surface area contributed by atoms with Gasteiger partial charge in [-0.25, -0.2) is 0 Å². The fraction of sp³-hybridized carbons (Fsp3) is 0.107. The zero-order valence-corrected chi connectivity index (χ0v) is 17.5. The molecule has 0 unspecified atom stereocenters. The summed E-state index contributed by atoms with van der Waals surface area (Å²) in [6.07, 6.45) is 2.23. The molecule has 4 nitrogen and oxygen atoms in total. The van der Waals surface area contributed by atoms with Crippen LogP contribution in [0.25, 0.3) is 0 Å². The summed E-state index contributed by atoms with van der Waals surface area (Å²) in [7, 11) is 0. The van der Waals surface area contributed by atoms with Crippen molar-refractivity contribution in [2.24, 2.45) is 4.99 Å². The van der Waals surface area contributed by atoms with E-state index < -0.39 is 5.60 Å². The van der Waals surface area contributed by atoms with Crippen LogP contribution in [0.5, 0.6) is 11.5 Å². The van der Waals surface area contributed by atoms with Crippen molar-refractivity contribution in [3.8, 4) is 11.5 Å². The summed E-state index contributed by atoms with van der Waals surface area (Å²) in [5.74, 6) is 1.45. The van der Waals surface area contributed by atoms with Crippen LogP contribution in [-0.4, -0.2) is 18.1 Å². The monoisotopic (exact) mass is 421 g/mol. The van der Waals surface area contributed by atoms with E-state index in [-0.39, 0.29) is 6.79 Å². The van der Waals surface area contributed by atoms with Gasteiger partial charge in [-0.1, -0.05) is 78.9 Å². The normalized spacial score (nSPS) is 14.4. The van der Waals surface area contributed by atoms with Gasteiger partial charge >= 0.3 is 0 Å². The van der Waals surface area contributed by atoms with Crippen molar-refractivity contribution >= 4 is 11.9 Å². The van der Waals surface area contributed by atoms with Crippen LogP contribution < -0.4 is 9.47 Å². The lowest BCUT2D eigenvalue weighted by atomic mass is 9.80. The standard InChI is InChI=1S/C28H23NO3/c30-28(23-11-5-2-6-12-23,18-21-9-3-1-4-10-21)24-13-7-8-14-25(24)29-19-22-15-16-26-27(17-22)32-20-31-26/h1-17,19,30H,18,20H2/t28-/m1/s1. The zero-order valence-electron chi connectivity index (χ0n) is 17.5. The van der Waals surface area contributed by atoms with E-state index in [0.29, 0.717) is 17.9 Å². The first-order valence-electron chi connectivity index (χ1n) is 10.6. The van der Waals surface area contributed by atoms with Crippen LogP contribution in [0.1, 0.15) is 22.3 Å². The van der Waals surface area contributed by atoms with E-state index in [1.165, 1.54) is 0 Å². The Morgan fingerprint density at radius 2 is 1.47 bits per heavy atom. The Balaban J connectivity index is 1.55. The minimum atomic E-state index is -1.23. The van der Waals surface area contributed by atoms with Crippen LogP contribution >= 0.6 is 0 Å². The smallest absolute Gasteiger partial charge is 0.231 e. The number of fused-ring (bicyclic) bond motifs is 1. The number of aliphatic hydroxyl groups is 1. The number of nitrogens with zero attached hydrogens (tertiary/aromatic N) is 1. The molecule has 0 saturated heterocycles. The molecule has 0 aromatic heterocycles. The molecule has 0 amide bonds. The Hall–Kier alpha value is -3.89. The van der Waals surface area contributed by atoms with Crippen LogP contribution in [-0.2, 0) is 12.0 Å². The van der Waals surface area contributed by atoms with Crippen LogP contribution in [0, 0.1) is 0 Å². The Labute approximate surface area is 187 Å². The molecule has 1 heterocycles. The lowest BCUT2D eigenvalue weighted by molar-refractivity contribution is 0.0817. The third-order valence-corrected chi connectivity index (χ3v) is 5.65. The number of hydrogen-bond acceptors (Lipinski definition) is 4. The van der Waals surface area contributed by atoms with Crippen molar-refractivity contribution in [3.63, 3.8) is 0 Å². The van der Waals surface area contributed by atoms with Gasteiger partial charge in [-0.15, -0.1) is 0 Å². The lowest BCUT2D eigenvalue weighted by Gasteiger charge is -2.30. The van der Waals surface area contributed by atoms with E-state index in [2.05, 4.69) is 0 Å². The van der Waals surface area contributed by atoms with Crippen molar-refractivity contribution in [1.29, 1.82) is 0 Å². The molecular weight excluding hydrogens is 398 g/mol. The molecule has 0 radical (unpaired) electrons. The Kier molecular flexibility index (Phi) is 5.44. The summed E-state index contributed by atoms with van der Waals surface area (Å²) in [6.45, 7) is 0.238. The average Bonchev–Trinajstić information content (AvgIpc) is 3.32. The maximum absolute atomic E-state index is 12.1. The molecule has 158 valence electrons. The van der Waals surface area contributed by atoms with Gasteiger partial charge < -0.3 is 14.6 Å². The van der Waals surface area contributed by atoms with E-state index in [1.807, 2.05) is 103 Å². The van der Waals surface area contributed by atoms with Gasteiger partial charge in [-0.2, -0.15) is 0 Å². The van der Waals surface area contributed by atoms with Gasteiger partial charge in [0.15, 0.2) is 11.5 Å². The molecule has 1 atom stereocenters. The summed E-state index contributed by atoms with van der Waals surface area (Å²) in [5.41, 5.74) is 3.02. The third-order valence-electron chi connectivity index (χ3n) is 5.65. The van der Waals surface area contributed by atoms with Crippen molar-refractivity contribution in [2.45, 2.75) is 12.0 Å². The predicted molar refractivity (Wildman–Crippen MR) is 126 cm³/mol. The summed E-state index contributed by atoms with van der Waals surface area (Å²) < 4.78 is 10.9. The van der Waals surface area contributed by atoms with E-state index in [1.54, 1.807) is 6.21 Å². The molecule has 4 aromatic carbocycles. The van der Waals surface area contributed by atoms with Crippen molar-refractivity contribution in [1.82, 2.24) is 0 Å². The molecule has 0 fully saturated rings. The van der Waals surface area contributed by atoms with E-state index in [4.69, 9.17) is 14.5 Å². The van der Waals surface area contributed by atoms with Gasteiger partial charge in [0.25, 0.3) is 0 Å². The quantitative estimate of drug-likeness (QED) is 0.410. The topological polar surface area (TPSA) is 51.1 Å². The van der Waals surface area contributed by atoms with Crippen LogP contribution in [0.4, 0.5) is 5.69 Å². The minimum absolute atomic E-state index is 0.238. The van der Waals surface area contributed by atoms with Crippen LogP contribution in [0.15, 0.2) is 108 Å². The summed E-state index contributed by atoms with van der Waals surface area (Å²) >= 11 is 0. The van der Waals surface area contributed by atoms with E-state index >= 15 is 0 Å². The fourth-order valence-electron chi connectivity index (χ4n) is 4.03. The molecule has 1 N–H and O–H groups in total. The SMILES string of the molecule is O[C@](Cc1ccccc1)(c1ccccc1)c1ccccc1N=Cc1ccc2c(c1)OCO2. The van der Waals surface area contributed by atoms with Crippen LogP contribution in [0.2, 0.25) is 0 Å². The number of rotatable bonds is 6. The lowest BCUT2D eigenvalue weighted by Crippen LogP contribution is -2.30. The maximum atomic E-state index is 12.1. The molecular formula is C28H23NO3. The van der Waals surface area contributed by atoms with Crippen molar-refractivity contribution in [2.75, 3.05) is 6.79 Å². The first-order valence-corrected chi connectivity index (χ1v) is 10.6. The second-order valence-corrected chi connectivity index (χ2v) is 7.78. The molecule has 0 bridgehead atoms. The highest BCUT2D eigenvalue weighted by Gasteiger charge is 2.33. The van der Waals surface area contributed by atoms with Gasteiger partial charge in [-0.3, -0.25) is 4.99 Å². The Morgan fingerprint density at radius 3 is 2.28 bits per heavy atom. The average molecular weight is 421 g/mol. The minimum Gasteiger partial charge on any atom is -0.454 e. The number of aliphatic imine (C=N–C) groups is 1. The van der Waals surface area contributed by atoms with Gasteiger partial charge in [0.1, 0.15) is 5.60 Å². The number of para-hydroxylation sites is 1. The summed E-state index contributed by atoms with van der Waals surface area (Å²) in [5, 5.41) is 12.1. The second-order valence-electron chi connectivity index (χ2n) is 7.78. The first kappa shape index (κ1) is 20.0. The van der Waals surface area contributed by atoms with Crippen molar-refractivity contribution in [3.05, 3.63) is 125 Å². The van der Waals surface area contributed by atoms with E-state index in [9.17, 15) is 5.11 Å². The molecule has 1 aliphatic heterocycles. The molecule has 1 aliphatic rings. The summed E-state index contributed by atoms with van der Waals surface area (Å²) in [6, 6.07) is 33.3. The highest BCUT2D eigenvalue weighted by Crippen LogP contribution is 2.39. The third kappa shape index (κ3) is 4.01. The largest absolute Gasteiger partial charge is 0.454 e. The predicted octanol–water partition coefficient (Wildman–Crippen LogP) is 5.64.